The lowest BCUT2D eigenvalue weighted by atomic mass is 10.2. The van der Waals surface area contributed by atoms with Crippen molar-refractivity contribution in [2.75, 3.05) is 19.4 Å². The molecule has 150 valence electrons. The number of hydrogen-bond donors (Lipinski definition) is 1. The Labute approximate surface area is 178 Å². The number of benzene rings is 2. The number of aromatic nitrogens is 2. The van der Waals surface area contributed by atoms with Crippen LogP contribution in [0.1, 0.15) is 21.6 Å². The Kier molecular flexibility index (Phi) is 6.61. The van der Waals surface area contributed by atoms with Gasteiger partial charge in [0.05, 0.1) is 17.8 Å². The molecule has 0 unspecified atom stereocenters. The van der Waals surface area contributed by atoms with Crippen LogP contribution in [0.15, 0.2) is 59.5 Å². The van der Waals surface area contributed by atoms with E-state index >= 15 is 0 Å². The van der Waals surface area contributed by atoms with Gasteiger partial charge in [-0.15, -0.1) is 0 Å². The second-order valence-electron chi connectivity index (χ2n) is 6.64. The molecule has 29 heavy (non-hydrogen) atoms. The number of nitrogens with zero attached hydrogens (tertiary/aromatic N) is 3. The van der Waals surface area contributed by atoms with E-state index in [1.165, 1.54) is 4.90 Å². The van der Waals surface area contributed by atoms with Gasteiger partial charge in [0.25, 0.3) is 11.1 Å². The molecule has 0 atom stereocenters. The van der Waals surface area contributed by atoms with E-state index in [2.05, 4.69) is 10.4 Å². The van der Waals surface area contributed by atoms with Gasteiger partial charge in [0, 0.05) is 24.7 Å². The Morgan fingerprint density at radius 2 is 1.76 bits per heavy atom. The summed E-state index contributed by atoms with van der Waals surface area (Å²) in [6, 6.07) is 16.9. The predicted octanol–water partition coefficient (Wildman–Crippen LogP) is 4.92. The normalized spacial score (nSPS) is 10.6. The molecule has 0 fully saturated rings. The number of rotatable bonds is 5. The minimum atomic E-state index is -0.323. The highest BCUT2D eigenvalue weighted by Crippen LogP contribution is 2.25. The minimum absolute atomic E-state index is 0.0602. The predicted molar refractivity (Wildman–Crippen MR) is 117 cm³/mol. The maximum Gasteiger partial charge on any atom is 0.285 e. The van der Waals surface area contributed by atoms with Crippen molar-refractivity contribution in [1.82, 2.24) is 14.7 Å². The summed E-state index contributed by atoms with van der Waals surface area (Å²) < 4.78 is 1.62. The average Bonchev–Trinajstić information content (AvgIpc) is 2.97. The summed E-state index contributed by atoms with van der Waals surface area (Å²) in [5.41, 5.74) is 2.57. The highest BCUT2D eigenvalue weighted by atomic mass is 35.5. The van der Waals surface area contributed by atoms with E-state index < -0.39 is 0 Å². The van der Waals surface area contributed by atoms with Crippen molar-refractivity contribution in [3.63, 3.8) is 0 Å². The topological polar surface area (TPSA) is 67.2 Å². The molecule has 0 saturated heterocycles. The Hall–Kier alpha value is -2.77. The smallest absolute Gasteiger partial charge is 0.285 e. The van der Waals surface area contributed by atoms with Gasteiger partial charge in [-0.25, -0.2) is 4.68 Å². The molecule has 1 aromatic heterocycles. The Morgan fingerprint density at radius 1 is 1.10 bits per heavy atom. The first-order valence-electron chi connectivity index (χ1n) is 8.92. The fourth-order valence-corrected chi connectivity index (χ4v) is 3.64. The summed E-state index contributed by atoms with van der Waals surface area (Å²) in [6.07, 6.45) is 0. The molecular weight excluding hydrogens is 408 g/mol. The number of anilines is 1. The Balaban J connectivity index is 1.71. The average molecular weight is 429 g/mol. The van der Waals surface area contributed by atoms with Crippen LogP contribution in [0.4, 0.5) is 10.5 Å². The van der Waals surface area contributed by atoms with Crippen molar-refractivity contribution in [2.45, 2.75) is 18.4 Å². The summed E-state index contributed by atoms with van der Waals surface area (Å²) in [5, 5.41) is 7.49. The molecule has 1 N–H and O–H groups in total. The van der Waals surface area contributed by atoms with Crippen LogP contribution in [0.25, 0.3) is 0 Å². The van der Waals surface area contributed by atoms with Gasteiger partial charge < -0.3 is 10.2 Å². The summed E-state index contributed by atoms with van der Waals surface area (Å²) in [7, 11) is 3.40. The van der Waals surface area contributed by atoms with Crippen molar-refractivity contribution in [1.29, 1.82) is 0 Å². The third kappa shape index (κ3) is 5.19. The van der Waals surface area contributed by atoms with Crippen LogP contribution in [0.3, 0.4) is 0 Å². The van der Waals surface area contributed by atoms with Crippen LogP contribution < -0.4 is 5.32 Å². The third-order valence-corrected chi connectivity index (χ3v) is 5.58. The number of hydrogen-bond acceptors (Lipinski definition) is 4. The summed E-state index contributed by atoms with van der Waals surface area (Å²) in [6.45, 7) is 2.24. The molecule has 0 aliphatic carbocycles. The molecule has 0 aliphatic rings. The zero-order valence-electron chi connectivity index (χ0n) is 16.3. The molecule has 8 heteroatoms. The molecule has 0 aliphatic heterocycles. The van der Waals surface area contributed by atoms with Crippen molar-refractivity contribution >= 4 is 40.2 Å². The highest BCUT2D eigenvalue weighted by Gasteiger charge is 2.20. The van der Waals surface area contributed by atoms with Crippen molar-refractivity contribution in [2.24, 2.45) is 0 Å². The quantitative estimate of drug-likeness (QED) is 0.586. The number of halogens is 1. The standard InChI is InChI=1S/C21H21ClN4O2S/c1-14-18(19(22)26(24-14)13-15-7-5-4-6-8-15)20(27)23-16-9-11-17(12-10-16)29-21(28)25(2)3/h4-12H,13H2,1-3H3,(H,23,27). The van der Waals surface area contributed by atoms with Crippen molar-refractivity contribution in [3.05, 3.63) is 76.6 Å². The summed E-state index contributed by atoms with van der Waals surface area (Å²) in [5.74, 6) is -0.323. The van der Waals surface area contributed by atoms with Crippen molar-refractivity contribution in [3.8, 4) is 0 Å². The summed E-state index contributed by atoms with van der Waals surface area (Å²) >= 11 is 7.57. The molecule has 3 rings (SSSR count). The lowest BCUT2D eigenvalue weighted by molar-refractivity contribution is 0.102. The monoisotopic (exact) mass is 428 g/mol. The van der Waals surface area contributed by atoms with Crippen LogP contribution in [-0.4, -0.2) is 39.9 Å². The van der Waals surface area contributed by atoms with E-state index in [0.717, 1.165) is 22.2 Å². The molecule has 0 bridgehead atoms. The zero-order chi connectivity index (χ0) is 21.0. The fourth-order valence-electron chi connectivity index (χ4n) is 2.66. The largest absolute Gasteiger partial charge is 0.339 e. The number of carbonyl (C=O) groups excluding carboxylic acids is 2. The van der Waals surface area contributed by atoms with Gasteiger partial charge in [-0.3, -0.25) is 9.59 Å². The number of carbonyl (C=O) groups is 2. The molecule has 0 saturated carbocycles. The minimum Gasteiger partial charge on any atom is -0.339 e. The maximum absolute atomic E-state index is 12.8. The lowest BCUT2D eigenvalue weighted by Crippen LogP contribution is -2.16. The van der Waals surface area contributed by atoms with Crippen LogP contribution in [0.2, 0.25) is 5.15 Å². The molecular formula is C21H21ClN4O2S. The van der Waals surface area contributed by atoms with E-state index in [1.807, 2.05) is 30.3 Å². The van der Waals surface area contributed by atoms with Crippen molar-refractivity contribution < 1.29 is 9.59 Å². The lowest BCUT2D eigenvalue weighted by Gasteiger charge is -2.10. The van der Waals surface area contributed by atoms with E-state index in [1.54, 1.807) is 50.0 Å². The van der Waals surface area contributed by atoms with Crippen LogP contribution in [-0.2, 0) is 6.54 Å². The second kappa shape index (κ2) is 9.15. The molecule has 0 spiro atoms. The van der Waals surface area contributed by atoms with Gasteiger partial charge >= 0.3 is 0 Å². The first-order chi connectivity index (χ1) is 13.8. The highest BCUT2D eigenvalue weighted by molar-refractivity contribution is 8.13. The first kappa shape index (κ1) is 21.0. The van der Waals surface area contributed by atoms with E-state index in [0.29, 0.717) is 28.6 Å². The molecule has 0 radical (unpaired) electrons. The Morgan fingerprint density at radius 3 is 2.38 bits per heavy atom. The second-order valence-corrected chi connectivity index (χ2v) is 8.02. The van der Waals surface area contributed by atoms with E-state index in [-0.39, 0.29) is 11.1 Å². The SMILES string of the molecule is Cc1nn(Cc2ccccc2)c(Cl)c1C(=O)Nc1ccc(SC(=O)N(C)C)cc1. The van der Waals surface area contributed by atoms with E-state index in [9.17, 15) is 9.59 Å². The zero-order valence-corrected chi connectivity index (χ0v) is 17.9. The summed E-state index contributed by atoms with van der Waals surface area (Å²) in [4.78, 5) is 26.8. The number of thioether (sulfide) groups is 1. The van der Waals surface area contributed by atoms with Gasteiger partial charge in [0.2, 0.25) is 0 Å². The number of amides is 2. The van der Waals surface area contributed by atoms with Gasteiger partial charge in [-0.05, 0) is 48.5 Å². The van der Waals surface area contributed by atoms with E-state index in [4.69, 9.17) is 11.6 Å². The molecule has 3 aromatic rings. The van der Waals surface area contributed by atoms with Crippen LogP contribution in [0, 0.1) is 6.92 Å². The third-order valence-electron chi connectivity index (χ3n) is 4.15. The van der Waals surface area contributed by atoms with Gasteiger partial charge in [-0.2, -0.15) is 5.10 Å². The molecule has 2 amide bonds. The number of aryl methyl sites for hydroxylation is 1. The van der Waals surface area contributed by atoms with Gasteiger partial charge in [0.1, 0.15) is 5.15 Å². The first-order valence-corrected chi connectivity index (χ1v) is 10.1. The van der Waals surface area contributed by atoms with Crippen LogP contribution in [0.5, 0.6) is 0 Å². The maximum atomic E-state index is 12.8. The number of nitrogens with one attached hydrogen (secondary N) is 1. The van der Waals surface area contributed by atoms with Gasteiger partial charge in [-0.1, -0.05) is 41.9 Å². The van der Waals surface area contributed by atoms with Crippen LogP contribution >= 0.6 is 23.4 Å². The molecule has 2 aromatic carbocycles. The molecule has 6 nitrogen and oxygen atoms in total. The molecule has 1 heterocycles. The van der Waals surface area contributed by atoms with Gasteiger partial charge in [0.15, 0.2) is 0 Å². The Bertz CT molecular complexity index is 1020. The fraction of sp³-hybridized carbons (Fsp3) is 0.190.